The van der Waals surface area contributed by atoms with Crippen LogP contribution in [0.3, 0.4) is 0 Å². The van der Waals surface area contributed by atoms with Gasteiger partial charge in [-0.05, 0) is 30.7 Å². The predicted octanol–water partition coefficient (Wildman–Crippen LogP) is 4.21. The lowest BCUT2D eigenvalue weighted by Gasteiger charge is -2.19. The van der Waals surface area contributed by atoms with Crippen molar-refractivity contribution in [2.45, 2.75) is 32.7 Å². The lowest BCUT2D eigenvalue weighted by molar-refractivity contribution is -0.132. The highest BCUT2D eigenvalue weighted by Crippen LogP contribution is 2.26. The van der Waals surface area contributed by atoms with Crippen molar-refractivity contribution in [3.8, 4) is 22.8 Å². The molecule has 0 unspecified atom stereocenters. The van der Waals surface area contributed by atoms with Crippen molar-refractivity contribution in [2.24, 2.45) is 0 Å². The zero-order valence-corrected chi connectivity index (χ0v) is 18.2. The third-order valence-electron chi connectivity index (χ3n) is 4.68. The van der Waals surface area contributed by atoms with Gasteiger partial charge >= 0.3 is 0 Å². The second kappa shape index (κ2) is 10.1. The van der Waals surface area contributed by atoms with Gasteiger partial charge in [0.1, 0.15) is 0 Å². The van der Waals surface area contributed by atoms with Gasteiger partial charge in [-0.2, -0.15) is 4.98 Å². The van der Waals surface area contributed by atoms with Crippen molar-refractivity contribution < 1.29 is 13.7 Å². The third kappa shape index (κ3) is 5.17. The van der Waals surface area contributed by atoms with Crippen LogP contribution in [0.1, 0.15) is 31.5 Å². The zero-order chi connectivity index (χ0) is 22.3. The number of halogens is 1. The van der Waals surface area contributed by atoms with E-state index in [0.717, 1.165) is 12.0 Å². The maximum absolute atomic E-state index is 12.8. The highest BCUT2D eigenvalue weighted by molar-refractivity contribution is 6.33. The first-order chi connectivity index (χ1) is 15.6. The summed E-state index contributed by atoms with van der Waals surface area (Å²) in [5, 5.41) is 12.6. The largest absolute Gasteiger partial charge is 0.419 e. The summed E-state index contributed by atoms with van der Waals surface area (Å²) in [4.78, 5) is 22.9. The minimum absolute atomic E-state index is 0.0644. The molecule has 1 amide bonds. The number of amides is 1. The number of carbonyl (C=O) groups is 1. The van der Waals surface area contributed by atoms with Gasteiger partial charge in [-0.3, -0.25) is 9.78 Å². The average molecular weight is 453 g/mol. The first kappa shape index (κ1) is 21.6. The van der Waals surface area contributed by atoms with Crippen molar-refractivity contribution in [1.82, 2.24) is 30.2 Å². The van der Waals surface area contributed by atoms with E-state index in [1.807, 2.05) is 25.1 Å². The van der Waals surface area contributed by atoms with Crippen LogP contribution in [0.4, 0.5) is 0 Å². The molecule has 0 saturated carbocycles. The van der Waals surface area contributed by atoms with Crippen LogP contribution in [0.2, 0.25) is 5.02 Å². The Bertz CT molecular complexity index is 1180. The molecule has 0 spiro atoms. The van der Waals surface area contributed by atoms with Gasteiger partial charge in [0.25, 0.3) is 0 Å². The molecular weight excluding hydrogens is 432 g/mol. The molecule has 3 aromatic heterocycles. The molecule has 10 heteroatoms. The lowest BCUT2D eigenvalue weighted by atomic mass is 10.2. The fourth-order valence-corrected chi connectivity index (χ4v) is 3.34. The number of aromatic nitrogens is 5. The van der Waals surface area contributed by atoms with Crippen LogP contribution < -0.4 is 0 Å². The number of hydrogen-bond donors (Lipinski definition) is 0. The summed E-state index contributed by atoms with van der Waals surface area (Å²) in [6.45, 7) is 2.78. The van der Waals surface area contributed by atoms with Crippen molar-refractivity contribution in [2.75, 3.05) is 6.54 Å². The fourth-order valence-electron chi connectivity index (χ4n) is 3.13. The van der Waals surface area contributed by atoms with Gasteiger partial charge in [0.15, 0.2) is 0 Å². The highest BCUT2D eigenvalue weighted by atomic mass is 35.5. The van der Waals surface area contributed by atoms with Gasteiger partial charge in [0, 0.05) is 37.3 Å². The van der Waals surface area contributed by atoms with E-state index in [-0.39, 0.29) is 18.9 Å². The normalized spacial score (nSPS) is 10.9. The fraction of sp³-hybridized carbons (Fsp3) is 0.273. The number of aryl methyl sites for hydroxylation is 1. The second-order valence-electron chi connectivity index (χ2n) is 7.05. The monoisotopic (exact) mass is 452 g/mol. The molecule has 3 heterocycles. The SMILES string of the molecule is CCCN(Cc1nnc(-c2ccccc2Cl)o1)C(=O)CCc1nc(-c2cccnc2)no1. The molecule has 0 fully saturated rings. The Morgan fingerprint density at radius 3 is 2.78 bits per heavy atom. The molecule has 1 aromatic carbocycles. The van der Waals surface area contributed by atoms with Crippen LogP contribution in [-0.2, 0) is 17.8 Å². The van der Waals surface area contributed by atoms with Gasteiger partial charge in [-0.1, -0.05) is 35.8 Å². The Morgan fingerprint density at radius 1 is 1.12 bits per heavy atom. The molecule has 4 rings (SSSR count). The highest BCUT2D eigenvalue weighted by Gasteiger charge is 2.19. The molecule has 0 radical (unpaired) electrons. The summed E-state index contributed by atoms with van der Waals surface area (Å²) in [6.07, 6.45) is 4.68. The molecule has 9 nitrogen and oxygen atoms in total. The number of hydrogen-bond acceptors (Lipinski definition) is 8. The molecule has 0 bridgehead atoms. The van der Waals surface area contributed by atoms with E-state index in [9.17, 15) is 4.79 Å². The van der Waals surface area contributed by atoms with E-state index in [4.69, 9.17) is 20.5 Å². The van der Waals surface area contributed by atoms with Crippen molar-refractivity contribution in [1.29, 1.82) is 0 Å². The van der Waals surface area contributed by atoms with E-state index >= 15 is 0 Å². The maximum atomic E-state index is 12.8. The van der Waals surface area contributed by atoms with E-state index in [2.05, 4.69) is 25.3 Å². The number of carbonyl (C=O) groups excluding carboxylic acids is 1. The molecule has 32 heavy (non-hydrogen) atoms. The molecule has 0 saturated heterocycles. The Kier molecular flexibility index (Phi) is 6.86. The first-order valence-corrected chi connectivity index (χ1v) is 10.6. The minimum Gasteiger partial charge on any atom is -0.419 e. The summed E-state index contributed by atoms with van der Waals surface area (Å²) in [6, 6.07) is 10.9. The average Bonchev–Trinajstić information content (AvgIpc) is 3.48. The molecule has 4 aromatic rings. The quantitative estimate of drug-likeness (QED) is 0.371. The number of pyridine rings is 1. The van der Waals surface area contributed by atoms with Crippen LogP contribution >= 0.6 is 11.6 Å². The molecule has 164 valence electrons. The van der Waals surface area contributed by atoms with Gasteiger partial charge in [-0.15, -0.1) is 10.2 Å². The van der Waals surface area contributed by atoms with E-state index in [0.29, 0.717) is 47.0 Å². The third-order valence-corrected chi connectivity index (χ3v) is 5.01. The van der Waals surface area contributed by atoms with Crippen LogP contribution in [0, 0.1) is 0 Å². The van der Waals surface area contributed by atoms with Crippen molar-refractivity contribution in [3.05, 3.63) is 65.6 Å². The van der Waals surface area contributed by atoms with E-state index < -0.39 is 0 Å². The smallest absolute Gasteiger partial charge is 0.249 e. The number of rotatable bonds is 9. The number of benzene rings is 1. The molecule has 0 aliphatic carbocycles. The first-order valence-electron chi connectivity index (χ1n) is 10.2. The Balaban J connectivity index is 1.38. The Hall–Kier alpha value is -3.59. The summed E-state index contributed by atoms with van der Waals surface area (Å²) in [5.74, 6) is 1.45. The summed E-state index contributed by atoms with van der Waals surface area (Å²) >= 11 is 6.20. The van der Waals surface area contributed by atoms with Crippen LogP contribution in [0.25, 0.3) is 22.8 Å². The van der Waals surface area contributed by atoms with Crippen molar-refractivity contribution >= 4 is 17.5 Å². The van der Waals surface area contributed by atoms with E-state index in [1.54, 1.807) is 35.5 Å². The van der Waals surface area contributed by atoms with Crippen molar-refractivity contribution in [3.63, 3.8) is 0 Å². The summed E-state index contributed by atoms with van der Waals surface area (Å²) in [5.41, 5.74) is 1.41. The predicted molar refractivity (Wildman–Crippen MR) is 116 cm³/mol. The molecular formula is C22H21ClN6O3. The van der Waals surface area contributed by atoms with Gasteiger partial charge in [0.05, 0.1) is 17.1 Å². The number of nitrogens with zero attached hydrogens (tertiary/aromatic N) is 6. The van der Waals surface area contributed by atoms with Gasteiger partial charge in [-0.25, -0.2) is 0 Å². The summed E-state index contributed by atoms with van der Waals surface area (Å²) in [7, 11) is 0. The minimum atomic E-state index is -0.0644. The van der Waals surface area contributed by atoms with Crippen LogP contribution in [0.15, 0.2) is 57.7 Å². The van der Waals surface area contributed by atoms with E-state index in [1.165, 1.54) is 0 Å². The second-order valence-corrected chi connectivity index (χ2v) is 7.46. The van der Waals surface area contributed by atoms with Crippen LogP contribution in [0.5, 0.6) is 0 Å². The molecule has 0 aliphatic heterocycles. The Labute approximate surface area is 189 Å². The molecule has 0 aliphatic rings. The Morgan fingerprint density at radius 2 is 2.00 bits per heavy atom. The standard InChI is InChI=1S/C22H21ClN6O3/c1-2-12-29(14-19-26-27-22(31-19)16-7-3-4-8-17(16)23)20(30)10-9-18-25-21(28-32-18)15-6-5-11-24-13-15/h3-8,11,13H,2,9-10,12,14H2,1H3. The summed E-state index contributed by atoms with van der Waals surface area (Å²) < 4.78 is 11.0. The van der Waals surface area contributed by atoms with Gasteiger partial charge < -0.3 is 13.8 Å². The topological polar surface area (TPSA) is 111 Å². The molecule has 0 N–H and O–H groups in total. The van der Waals surface area contributed by atoms with Gasteiger partial charge in [0.2, 0.25) is 29.4 Å². The zero-order valence-electron chi connectivity index (χ0n) is 17.4. The lowest BCUT2D eigenvalue weighted by Crippen LogP contribution is -2.31. The van der Waals surface area contributed by atoms with Crippen LogP contribution in [-0.4, -0.2) is 42.7 Å². The maximum Gasteiger partial charge on any atom is 0.249 e. The molecule has 0 atom stereocenters.